The maximum atomic E-state index is 13.0. The van der Waals surface area contributed by atoms with E-state index in [9.17, 15) is 9.18 Å². The molecule has 0 spiro atoms. The van der Waals surface area contributed by atoms with E-state index >= 15 is 0 Å². The molecular formula is C13H18FNO. The highest BCUT2D eigenvalue weighted by Crippen LogP contribution is 2.10. The first-order chi connectivity index (χ1) is 7.54. The third-order valence-electron chi connectivity index (χ3n) is 2.72. The fourth-order valence-corrected chi connectivity index (χ4v) is 1.40. The van der Waals surface area contributed by atoms with Gasteiger partial charge < -0.3 is 5.32 Å². The minimum atomic E-state index is -0.363. The molecule has 0 fully saturated rings. The van der Waals surface area contributed by atoms with Crippen molar-refractivity contribution in [3.63, 3.8) is 0 Å². The second-order valence-electron chi connectivity index (χ2n) is 4.07. The van der Waals surface area contributed by atoms with Gasteiger partial charge in [-0.2, -0.15) is 0 Å². The Bertz CT molecular complexity index is 376. The number of carbonyl (C=O) groups is 1. The first kappa shape index (κ1) is 12.8. The summed E-state index contributed by atoms with van der Waals surface area (Å²) >= 11 is 0. The molecule has 0 saturated carbocycles. The van der Waals surface area contributed by atoms with E-state index in [2.05, 4.69) is 12.2 Å². The van der Waals surface area contributed by atoms with Gasteiger partial charge in [-0.05, 0) is 38.0 Å². The van der Waals surface area contributed by atoms with Crippen molar-refractivity contribution in [3.05, 3.63) is 35.1 Å². The molecule has 1 N–H and O–H groups in total. The molecule has 2 nitrogen and oxygen atoms in total. The number of rotatable bonds is 5. The molecule has 0 aliphatic rings. The van der Waals surface area contributed by atoms with E-state index < -0.39 is 0 Å². The molecule has 1 unspecified atom stereocenters. The Labute approximate surface area is 95.9 Å². The fraction of sp³-hybridized carbons (Fsp3) is 0.462. The molecule has 16 heavy (non-hydrogen) atoms. The lowest BCUT2D eigenvalue weighted by atomic mass is 10.0. The van der Waals surface area contributed by atoms with Crippen LogP contribution < -0.4 is 5.32 Å². The Hall–Kier alpha value is -1.22. The number of nitrogens with one attached hydrogen (secondary N) is 1. The standard InChI is InChI=1S/C13H18FNO/c1-4-10(3)15-8-13(16)12-7-11(14)6-5-9(12)2/h5-7,10,15H,4,8H2,1-3H3. The highest BCUT2D eigenvalue weighted by Gasteiger charge is 2.10. The number of benzene rings is 1. The van der Waals surface area contributed by atoms with Crippen LogP contribution in [0.1, 0.15) is 36.2 Å². The zero-order valence-electron chi connectivity index (χ0n) is 10.0. The molecule has 1 aromatic rings. The molecule has 0 radical (unpaired) electrons. The third kappa shape index (κ3) is 3.42. The summed E-state index contributed by atoms with van der Waals surface area (Å²) in [6.07, 6.45) is 0.968. The van der Waals surface area contributed by atoms with Crippen LogP contribution in [-0.2, 0) is 0 Å². The molecule has 1 atom stereocenters. The van der Waals surface area contributed by atoms with Crippen molar-refractivity contribution in [1.29, 1.82) is 0 Å². The summed E-state index contributed by atoms with van der Waals surface area (Å²) in [4.78, 5) is 11.8. The Balaban J connectivity index is 2.69. The molecule has 1 aromatic carbocycles. The van der Waals surface area contributed by atoms with E-state index in [1.165, 1.54) is 12.1 Å². The summed E-state index contributed by atoms with van der Waals surface area (Å²) < 4.78 is 13.0. The molecule has 3 heteroatoms. The molecular weight excluding hydrogens is 205 g/mol. The normalized spacial score (nSPS) is 12.5. The van der Waals surface area contributed by atoms with Crippen LogP contribution in [0.15, 0.2) is 18.2 Å². The van der Waals surface area contributed by atoms with Crippen molar-refractivity contribution in [1.82, 2.24) is 5.32 Å². The second kappa shape index (κ2) is 5.75. The predicted octanol–water partition coefficient (Wildman–Crippen LogP) is 2.70. The first-order valence-electron chi connectivity index (χ1n) is 5.57. The van der Waals surface area contributed by atoms with Crippen LogP contribution in [0.25, 0.3) is 0 Å². The van der Waals surface area contributed by atoms with E-state index in [1.54, 1.807) is 6.07 Å². The summed E-state index contributed by atoms with van der Waals surface area (Å²) in [7, 11) is 0. The highest BCUT2D eigenvalue weighted by molar-refractivity contribution is 5.98. The lowest BCUT2D eigenvalue weighted by Crippen LogP contribution is -2.31. The van der Waals surface area contributed by atoms with Gasteiger partial charge >= 0.3 is 0 Å². The Morgan fingerprint density at radius 2 is 2.19 bits per heavy atom. The smallest absolute Gasteiger partial charge is 0.176 e. The minimum Gasteiger partial charge on any atom is -0.307 e. The van der Waals surface area contributed by atoms with Crippen molar-refractivity contribution >= 4 is 5.78 Å². The van der Waals surface area contributed by atoms with E-state index in [1.807, 2.05) is 13.8 Å². The largest absolute Gasteiger partial charge is 0.307 e. The van der Waals surface area contributed by atoms with Crippen LogP contribution in [0, 0.1) is 12.7 Å². The van der Waals surface area contributed by atoms with E-state index in [4.69, 9.17) is 0 Å². The van der Waals surface area contributed by atoms with Gasteiger partial charge in [-0.25, -0.2) is 4.39 Å². The van der Waals surface area contributed by atoms with Gasteiger partial charge in [-0.3, -0.25) is 4.79 Å². The second-order valence-corrected chi connectivity index (χ2v) is 4.07. The molecule has 0 heterocycles. The molecule has 0 saturated heterocycles. The van der Waals surface area contributed by atoms with Crippen LogP contribution in [0.3, 0.4) is 0 Å². The summed E-state index contributed by atoms with van der Waals surface area (Å²) in [5.41, 5.74) is 1.29. The van der Waals surface area contributed by atoms with Gasteiger partial charge in [0.25, 0.3) is 0 Å². The van der Waals surface area contributed by atoms with Gasteiger partial charge in [0, 0.05) is 11.6 Å². The minimum absolute atomic E-state index is 0.0581. The molecule has 0 aromatic heterocycles. The van der Waals surface area contributed by atoms with Crippen LogP contribution in [0.5, 0.6) is 0 Å². The van der Waals surface area contributed by atoms with E-state index in [-0.39, 0.29) is 18.1 Å². The summed E-state index contributed by atoms with van der Waals surface area (Å²) in [5.74, 6) is -0.421. The number of Topliss-reactive ketones (excluding diaryl/α,β-unsaturated/α-hetero) is 1. The van der Waals surface area contributed by atoms with Crippen molar-refractivity contribution in [3.8, 4) is 0 Å². The van der Waals surface area contributed by atoms with Crippen molar-refractivity contribution in [2.75, 3.05) is 6.54 Å². The van der Waals surface area contributed by atoms with Crippen LogP contribution in [0.4, 0.5) is 4.39 Å². The molecule has 0 aliphatic heterocycles. The monoisotopic (exact) mass is 223 g/mol. The fourth-order valence-electron chi connectivity index (χ4n) is 1.40. The van der Waals surface area contributed by atoms with E-state index in [0.717, 1.165) is 12.0 Å². The zero-order chi connectivity index (χ0) is 12.1. The number of hydrogen-bond acceptors (Lipinski definition) is 2. The molecule has 0 amide bonds. The lowest BCUT2D eigenvalue weighted by molar-refractivity contribution is 0.0986. The zero-order valence-corrected chi connectivity index (χ0v) is 10.0. The molecule has 0 aliphatic carbocycles. The third-order valence-corrected chi connectivity index (χ3v) is 2.72. The average molecular weight is 223 g/mol. The predicted molar refractivity (Wildman–Crippen MR) is 63.2 cm³/mol. The van der Waals surface area contributed by atoms with Gasteiger partial charge in [-0.15, -0.1) is 0 Å². The van der Waals surface area contributed by atoms with Crippen LogP contribution in [-0.4, -0.2) is 18.4 Å². The van der Waals surface area contributed by atoms with Gasteiger partial charge in [0.2, 0.25) is 0 Å². The van der Waals surface area contributed by atoms with Gasteiger partial charge in [0.15, 0.2) is 5.78 Å². The first-order valence-corrected chi connectivity index (χ1v) is 5.57. The topological polar surface area (TPSA) is 29.1 Å². The Kier molecular flexibility index (Phi) is 4.62. The number of aryl methyl sites for hydroxylation is 1. The summed E-state index contributed by atoms with van der Waals surface area (Å²) in [5, 5.41) is 3.11. The van der Waals surface area contributed by atoms with Crippen molar-refractivity contribution in [2.45, 2.75) is 33.2 Å². The molecule has 88 valence electrons. The Morgan fingerprint density at radius 3 is 2.81 bits per heavy atom. The van der Waals surface area contributed by atoms with Crippen molar-refractivity contribution < 1.29 is 9.18 Å². The van der Waals surface area contributed by atoms with E-state index in [0.29, 0.717) is 11.6 Å². The van der Waals surface area contributed by atoms with Gasteiger partial charge in [0.1, 0.15) is 5.82 Å². The maximum absolute atomic E-state index is 13.0. The average Bonchev–Trinajstić information content (AvgIpc) is 2.28. The molecule has 1 rings (SSSR count). The van der Waals surface area contributed by atoms with Crippen molar-refractivity contribution in [2.24, 2.45) is 0 Å². The highest BCUT2D eigenvalue weighted by atomic mass is 19.1. The van der Waals surface area contributed by atoms with Crippen LogP contribution in [0.2, 0.25) is 0 Å². The summed E-state index contributed by atoms with van der Waals surface area (Å²) in [6, 6.07) is 4.61. The Morgan fingerprint density at radius 1 is 1.50 bits per heavy atom. The van der Waals surface area contributed by atoms with Gasteiger partial charge in [0.05, 0.1) is 6.54 Å². The number of ketones is 1. The lowest BCUT2D eigenvalue weighted by Gasteiger charge is -2.11. The van der Waals surface area contributed by atoms with Crippen LogP contribution >= 0.6 is 0 Å². The molecule has 0 bridgehead atoms. The number of halogens is 1. The quantitative estimate of drug-likeness (QED) is 0.778. The number of carbonyl (C=O) groups excluding carboxylic acids is 1. The van der Waals surface area contributed by atoms with Gasteiger partial charge in [-0.1, -0.05) is 13.0 Å². The maximum Gasteiger partial charge on any atom is 0.176 e. The summed E-state index contributed by atoms with van der Waals surface area (Å²) in [6.45, 7) is 6.15. The number of hydrogen-bond donors (Lipinski definition) is 1. The SMILES string of the molecule is CCC(C)NCC(=O)c1cc(F)ccc1C.